The molecule has 11 atom stereocenters. The largest absolute Gasteiger partial charge is 0.481 e. The molecule has 242 valence electrons. The molecular weight excluding hydrogens is 640 g/mol. The predicted octanol–water partition coefficient (Wildman–Crippen LogP) is -1.67. The molecule has 3 aliphatic heterocycles. The number of hydrogen-bond acceptors (Lipinski definition) is 18. The summed E-state index contributed by atoms with van der Waals surface area (Å²) in [6.45, 7) is 1.08. The van der Waals surface area contributed by atoms with Crippen LogP contribution in [0.25, 0.3) is 11.2 Å². The van der Waals surface area contributed by atoms with Gasteiger partial charge < -0.3 is 45.1 Å². The second-order valence-electron chi connectivity index (χ2n) is 9.77. The highest BCUT2D eigenvalue weighted by Gasteiger charge is 2.57. The maximum atomic E-state index is 12.4. The first kappa shape index (κ1) is 33.0. The number of rotatable bonds is 13. The van der Waals surface area contributed by atoms with Crippen LogP contribution >= 0.6 is 27.4 Å². The Morgan fingerprint density at radius 3 is 2.37 bits per heavy atom. The van der Waals surface area contributed by atoms with Crippen LogP contribution in [0.1, 0.15) is 19.6 Å². The van der Waals surface area contributed by atoms with E-state index in [1.54, 1.807) is 7.05 Å². The highest BCUT2D eigenvalue weighted by Crippen LogP contribution is 2.61. The molecule has 3 fully saturated rings. The zero-order chi connectivity index (χ0) is 31.2. The Morgan fingerprint density at radius 1 is 1.07 bits per heavy atom. The van der Waals surface area contributed by atoms with E-state index in [4.69, 9.17) is 29.0 Å². The van der Waals surface area contributed by atoms with Gasteiger partial charge in [-0.15, -0.1) is 0 Å². The van der Waals surface area contributed by atoms with Gasteiger partial charge in [-0.1, -0.05) is 18.7 Å². The van der Waals surface area contributed by atoms with Crippen molar-refractivity contribution in [1.82, 2.24) is 30.2 Å². The van der Waals surface area contributed by atoms with Crippen molar-refractivity contribution in [3.05, 3.63) is 12.7 Å². The van der Waals surface area contributed by atoms with Gasteiger partial charge in [0.05, 0.1) is 19.5 Å². The van der Waals surface area contributed by atoms with Gasteiger partial charge in [0.1, 0.15) is 53.9 Å². The van der Waals surface area contributed by atoms with E-state index in [9.17, 15) is 34.2 Å². The fraction of sp³-hybridized carbons (Fsp3) is 0.750. The Kier molecular flexibility index (Phi) is 9.83. The third-order valence-corrected chi connectivity index (χ3v) is 10.8. The maximum Gasteiger partial charge on any atom is 0.481 e. The summed E-state index contributed by atoms with van der Waals surface area (Å²) < 4.78 is 57.3. The van der Waals surface area contributed by atoms with Crippen LogP contribution in [0.4, 0.5) is 5.82 Å². The van der Waals surface area contributed by atoms with E-state index >= 15 is 0 Å². The van der Waals surface area contributed by atoms with Gasteiger partial charge in [0, 0.05) is 0 Å². The zero-order valence-corrected chi connectivity index (χ0v) is 25.4. The number of phosphoric ester groups is 2. The van der Waals surface area contributed by atoms with E-state index in [0.717, 1.165) is 6.42 Å². The molecule has 0 aromatic carbocycles. The molecule has 0 saturated carbocycles. The average Bonchev–Trinajstić information content (AvgIpc) is 3.68. The molecule has 9 N–H and O–H groups in total. The topological polar surface area (TPSA) is 284 Å². The van der Waals surface area contributed by atoms with E-state index in [0.29, 0.717) is 6.54 Å². The molecule has 5 heterocycles. The number of aromatic nitrogens is 4. The van der Waals surface area contributed by atoms with Crippen LogP contribution in [0.5, 0.6) is 0 Å². The Bertz CT molecular complexity index is 1390. The van der Waals surface area contributed by atoms with Gasteiger partial charge in [-0.3, -0.25) is 24.2 Å². The molecule has 0 aliphatic carbocycles. The lowest BCUT2D eigenvalue weighted by Gasteiger charge is -2.30. The minimum absolute atomic E-state index is 0.0744. The standard InChI is InChI=1S/C20H33N7O13P2S/c1-3-4-26-20(22-2)39-15-13(29)10(38-19(15)43-20)6-36-42(33,34)40-41(31,32)35-5-9-12(28)14(30)18(37-9)27-8-25-11-16(21)23-7-24-17(11)27/h7-10,12-15,18-19,22,26,28-30H,3-6H2,1-2H3,(H,31,32)(H,33,34)(H2,21,23,24)/t9-,10-,12-,13-,14-,15-,18-,19-,20-/m1/s1. The number of aliphatic hydroxyl groups excluding tert-OH is 3. The van der Waals surface area contributed by atoms with Crippen molar-refractivity contribution < 1.29 is 61.8 Å². The summed E-state index contributed by atoms with van der Waals surface area (Å²) in [5, 5.41) is 36.8. The van der Waals surface area contributed by atoms with E-state index in [1.807, 2.05) is 6.92 Å². The van der Waals surface area contributed by atoms with Crippen LogP contribution in [0.2, 0.25) is 0 Å². The third kappa shape index (κ3) is 6.92. The number of fused-ring (bicyclic) bond motifs is 2. The number of aliphatic hydroxyl groups is 3. The van der Waals surface area contributed by atoms with Gasteiger partial charge >= 0.3 is 15.6 Å². The second-order valence-corrected chi connectivity index (χ2v) is 14.1. The Labute approximate surface area is 248 Å². The summed E-state index contributed by atoms with van der Waals surface area (Å²) >= 11 is 1.22. The van der Waals surface area contributed by atoms with Crippen LogP contribution < -0.4 is 16.4 Å². The fourth-order valence-corrected chi connectivity index (χ4v) is 8.13. The number of imidazole rings is 1. The SMILES string of the molecule is CCCN[C@]1(NC)O[C@@H]2[C@H](O)[C@@H](COP(=O)(O)OP(=O)(O)OC[C@H]3O[C@@H](n4cnc5c(N)ncnc54)[C@H](O)[C@@H]3O)O[C@@H]2S1. The maximum absolute atomic E-state index is 12.4. The van der Waals surface area contributed by atoms with Crippen molar-refractivity contribution in [2.45, 2.75) is 66.8 Å². The first-order chi connectivity index (χ1) is 20.3. The first-order valence-electron chi connectivity index (χ1n) is 13.0. The van der Waals surface area contributed by atoms with E-state index in [2.05, 4.69) is 29.9 Å². The minimum Gasteiger partial charge on any atom is -0.387 e. The molecule has 20 nitrogen and oxygen atoms in total. The summed E-state index contributed by atoms with van der Waals surface area (Å²) in [6.07, 6.45) is -5.71. The summed E-state index contributed by atoms with van der Waals surface area (Å²) in [5.41, 5.74) is 5.53. The normalized spacial score (nSPS) is 37.0. The Hall–Kier alpha value is -1.36. The van der Waals surface area contributed by atoms with Crippen molar-refractivity contribution in [3.63, 3.8) is 0 Å². The molecule has 5 rings (SSSR count). The quantitative estimate of drug-likeness (QED) is 0.0871. The fourth-order valence-electron chi connectivity index (χ4n) is 4.69. The second kappa shape index (κ2) is 12.8. The molecule has 3 aliphatic rings. The number of nitrogens with two attached hydrogens (primary N) is 1. The number of nitrogens with zero attached hydrogens (tertiary/aromatic N) is 4. The predicted molar refractivity (Wildman–Crippen MR) is 146 cm³/mol. The summed E-state index contributed by atoms with van der Waals surface area (Å²) in [4.78, 5) is 32.0. The van der Waals surface area contributed by atoms with E-state index < -0.39 is 82.3 Å². The van der Waals surface area contributed by atoms with E-state index in [-0.39, 0.29) is 17.0 Å². The number of phosphoric acid groups is 2. The smallest absolute Gasteiger partial charge is 0.387 e. The zero-order valence-electron chi connectivity index (χ0n) is 22.8. The molecule has 0 amide bonds. The monoisotopic (exact) mass is 673 g/mol. The molecule has 2 aromatic heterocycles. The molecule has 23 heteroatoms. The van der Waals surface area contributed by atoms with Gasteiger partial charge in [-0.05, 0) is 20.0 Å². The van der Waals surface area contributed by atoms with Gasteiger partial charge in [0.15, 0.2) is 17.7 Å². The molecule has 0 radical (unpaired) electrons. The molecule has 3 saturated heterocycles. The Morgan fingerprint density at radius 2 is 1.74 bits per heavy atom. The lowest BCUT2D eigenvalue weighted by molar-refractivity contribution is -0.0920. The van der Waals surface area contributed by atoms with Crippen molar-refractivity contribution in [3.8, 4) is 0 Å². The summed E-state index contributed by atoms with van der Waals surface area (Å²) in [6, 6.07) is 0. The number of ether oxygens (including phenoxy) is 3. The van der Waals surface area contributed by atoms with Gasteiger partial charge in [-0.25, -0.2) is 24.1 Å². The van der Waals surface area contributed by atoms with Crippen molar-refractivity contribution in [2.75, 3.05) is 32.5 Å². The molecular formula is C20H33N7O13P2S. The molecule has 0 bridgehead atoms. The van der Waals surface area contributed by atoms with Crippen LogP contribution in [0.3, 0.4) is 0 Å². The average molecular weight is 674 g/mol. The minimum atomic E-state index is -5.28. The number of hydrogen-bond donors (Lipinski definition) is 8. The molecule has 2 aromatic rings. The van der Waals surface area contributed by atoms with Crippen LogP contribution in [0, 0.1) is 0 Å². The van der Waals surface area contributed by atoms with Crippen molar-refractivity contribution in [1.29, 1.82) is 0 Å². The molecule has 0 spiro atoms. The number of nitrogens with one attached hydrogen (secondary N) is 2. The van der Waals surface area contributed by atoms with E-state index in [1.165, 1.54) is 29.0 Å². The molecule has 2 unspecified atom stereocenters. The van der Waals surface area contributed by atoms with Crippen LogP contribution in [-0.4, -0.2) is 119 Å². The Balaban J connectivity index is 1.12. The van der Waals surface area contributed by atoms with Crippen molar-refractivity contribution in [2.24, 2.45) is 0 Å². The number of nitrogen functional groups attached to an aromatic ring is 1. The first-order valence-corrected chi connectivity index (χ1v) is 16.9. The molecule has 43 heavy (non-hydrogen) atoms. The van der Waals surface area contributed by atoms with Gasteiger partial charge in [0.25, 0.3) is 0 Å². The lowest BCUT2D eigenvalue weighted by atomic mass is 10.1. The number of thioether (sulfide) groups is 1. The van der Waals surface area contributed by atoms with Crippen molar-refractivity contribution >= 4 is 44.4 Å². The summed E-state index contributed by atoms with van der Waals surface area (Å²) in [5.74, 6) is 0.0744. The lowest BCUT2D eigenvalue weighted by Crippen LogP contribution is -2.54. The highest BCUT2D eigenvalue weighted by atomic mass is 32.2. The highest BCUT2D eigenvalue weighted by molar-refractivity contribution is 8.01. The van der Waals surface area contributed by atoms with Gasteiger partial charge in [0.2, 0.25) is 5.18 Å². The van der Waals surface area contributed by atoms with Crippen LogP contribution in [-0.2, 0) is 36.7 Å². The summed E-state index contributed by atoms with van der Waals surface area (Å²) in [7, 11) is -8.84. The third-order valence-electron chi connectivity index (χ3n) is 6.82. The van der Waals surface area contributed by atoms with Gasteiger partial charge in [-0.2, -0.15) is 4.31 Å². The number of anilines is 1. The van der Waals surface area contributed by atoms with Crippen LogP contribution in [0.15, 0.2) is 12.7 Å².